The molecule has 8 aliphatic rings. The summed E-state index contributed by atoms with van der Waals surface area (Å²) in [4.78, 5) is 57.7. The number of nitrogens with zero attached hydrogens (tertiary/aromatic N) is 16. The molecule has 32 rings (SSSR count). The van der Waals surface area contributed by atoms with Crippen molar-refractivity contribution >= 4 is 110 Å². The second kappa shape index (κ2) is 24.7. The molecule has 24 aromatic rings. The van der Waals surface area contributed by atoms with Gasteiger partial charge in [0.1, 0.15) is 33.5 Å². The summed E-state index contributed by atoms with van der Waals surface area (Å²) in [5.74, 6) is 0. The van der Waals surface area contributed by atoms with E-state index in [1.807, 2.05) is 104 Å². The molecule has 0 atom stereocenters. The molecule has 0 aliphatic heterocycles. The van der Waals surface area contributed by atoms with E-state index in [1.54, 1.807) is 0 Å². The lowest BCUT2D eigenvalue weighted by atomic mass is 9.97. The quantitative estimate of drug-likeness (QED) is 0.132. The number of imidazole rings is 4. The summed E-state index contributed by atoms with van der Waals surface area (Å²) in [5.41, 5.74) is 56.7. The third kappa shape index (κ3) is 8.98. The van der Waals surface area contributed by atoms with Crippen molar-refractivity contribution in [3.8, 4) is 89.5 Å². The molecule has 16 heteroatoms. The molecular formula is C108H64N16. The Morgan fingerprint density at radius 1 is 0.194 bits per heavy atom. The van der Waals surface area contributed by atoms with Gasteiger partial charge in [0.25, 0.3) is 0 Å². The van der Waals surface area contributed by atoms with Crippen LogP contribution in [0.1, 0.15) is 89.5 Å². The minimum absolute atomic E-state index is 0.867. The number of benzene rings is 8. The normalized spacial score (nSPS) is 13.5. The topological polar surface area (TPSA) is 172 Å². The Morgan fingerprint density at radius 3 is 0.944 bits per heavy atom. The molecule has 8 aromatic carbocycles. The summed E-state index contributed by atoms with van der Waals surface area (Å²) in [6.07, 6.45) is 26.0. The molecule has 0 bridgehead atoms. The van der Waals surface area contributed by atoms with Crippen molar-refractivity contribution in [2.45, 2.75) is 51.4 Å². The van der Waals surface area contributed by atoms with Gasteiger partial charge in [0.05, 0.1) is 84.2 Å². The molecule has 124 heavy (non-hydrogen) atoms. The fraction of sp³-hybridized carbons (Fsp3) is 0.0741. The highest BCUT2D eigenvalue weighted by atomic mass is 15.1. The van der Waals surface area contributed by atoms with E-state index in [2.05, 4.69) is 221 Å². The number of rotatable bonds is 0. The van der Waals surface area contributed by atoms with E-state index in [4.69, 9.17) is 44.9 Å². The Hall–Kier alpha value is -16.2. The van der Waals surface area contributed by atoms with Gasteiger partial charge in [-0.1, -0.05) is 146 Å². The molecular weight excluding hydrogens is 1520 g/mol. The summed E-state index contributed by atoms with van der Waals surface area (Å²) >= 11 is 0. The Bertz CT molecular complexity index is 8010. The van der Waals surface area contributed by atoms with Gasteiger partial charge < -0.3 is 0 Å². The Kier molecular flexibility index (Phi) is 13.3. The lowest BCUT2D eigenvalue weighted by molar-refractivity contribution is 1.16. The van der Waals surface area contributed by atoms with Crippen molar-refractivity contribution in [1.82, 2.24) is 77.4 Å². The van der Waals surface area contributed by atoms with Gasteiger partial charge in [0.2, 0.25) is 0 Å². The van der Waals surface area contributed by atoms with Crippen molar-refractivity contribution in [3.63, 3.8) is 0 Å². The molecule has 0 saturated carbocycles. The maximum atomic E-state index is 5.17. The average Bonchev–Trinajstić information content (AvgIpc) is 1.55. The van der Waals surface area contributed by atoms with E-state index in [0.717, 1.165) is 184 Å². The van der Waals surface area contributed by atoms with Crippen LogP contribution < -0.4 is 0 Å². The number of hydrogen-bond donors (Lipinski definition) is 0. The zero-order valence-electron chi connectivity index (χ0n) is 66.5. The predicted octanol–water partition coefficient (Wildman–Crippen LogP) is 22.3. The Labute approximate surface area is 706 Å². The van der Waals surface area contributed by atoms with Crippen LogP contribution in [0.25, 0.3) is 200 Å². The first-order valence-corrected chi connectivity index (χ1v) is 42.6. The smallest absolute Gasteiger partial charge is 0.164 e. The maximum Gasteiger partial charge on any atom is 0.164 e. The SMILES string of the molecule is c1ccc2c(c1)Cc1c-2ccc2c1-c1c(nc3c4cccnc4c4ncccc4n13)C2.c1ccc2c(c1)Cc1c-2ccc2c1-c1c(nc3c4ccncc4c4ncccc4n13)C2.c1ccc2c(c1)Cc1c-2ccc2c1-c1c(nc3c4cnccc4c4ncccc4n13)C2.c1ccc2c(c1)Cc1c-2ccc2c1-c1c(nc3c4ncccc4c4ncccc4n13)C2. The predicted molar refractivity (Wildman–Crippen MR) is 489 cm³/mol. The molecule has 0 amide bonds. The van der Waals surface area contributed by atoms with E-state index >= 15 is 0 Å². The van der Waals surface area contributed by atoms with Crippen LogP contribution in [0.15, 0.2) is 292 Å². The fourth-order valence-corrected chi connectivity index (χ4v) is 22.8. The highest BCUT2D eigenvalue weighted by molar-refractivity contribution is 6.15. The fourth-order valence-electron chi connectivity index (χ4n) is 22.8. The lowest BCUT2D eigenvalue weighted by Crippen LogP contribution is -1.98. The molecule has 0 unspecified atom stereocenters. The third-order valence-corrected chi connectivity index (χ3v) is 27.8. The molecule has 576 valence electrons. The zero-order chi connectivity index (χ0) is 80.4. The lowest BCUT2D eigenvalue weighted by Gasteiger charge is -2.12. The highest BCUT2D eigenvalue weighted by Gasteiger charge is 2.39. The van der Waals surface area contributed by atoms with Gasteiger partial charge in [-0.2, -0.15) is 0 Å². The highest BCUT2D eigenvalue weighted by Crippen LogP contribution is 2.55. The second-order valence-electron chi connectivity index (χ2n) is 33.9. The van der Waals surface area contributed by atoms with Crippen LogP contribution in [-0.2, 0) is 51.4 Å². The first-order chi connectivity index (χ1) is 61.5. The summed E-state index contributed by atoms with van der Waals surface area (Å²) in [5, 5.41) is 6.43. The van der Waals surface area contributed by atoms with Crippen LogP contribution in [0.2, 0.25) is 0 Å². The molecule has 16 nitrogen and oxygen atoms in total. The minimum atomic E-state index is 0.867. The van der Waals surface area contributed by atoms with Crippen molar-refractivity contribution in [3.05, 3.63) is 382 Å². The molecule has 0 N–H and O–H groups in total. The first kappa shape index (κ1) is 66.7. The van der Waals surface area contributed by atoms with E-state index < -0.39 is 0 Å². The molecule has 0 spiro atoms. The summed E-state index contributed by atoms with van der Waals surface area (Å²) in [6, 6.07) is 82.5. The number of fused-ring (bicyclic) bond motifs is 56. The van der Waals surface area contributed by atoms with Gasteiger partial charge in [0, 0.05) is 142 Å². The van der Waals surface area contributed by atoms with E-state index in [0.29, 0.717) is 0 Å². The Balaban J connectivity index is 0.0000000828. The van der Waals surface area contributed by atoms with Gasteiger partial charge in [0.15, 0.2) is 5.65 Å². The largest absolute Gasteiger partial charge is 0.290 e. The summed E-state index contributed by atoms with van der Waals surface area (Å²) < 4.78 is 9.31. The van der Waals surface area contributed by atoms with Crippen molar-refractivity contribution < 1.29 is 0 Å². The number of hydrogen-bond acceptors (Lipinski definition) is 12. The van der Waals surface area contributed by atoms with Gasteiger partial charge >= 0.3 is 0 Å². The average molecular weight is 1590 g/mol. The van der Waals surface area contributed by atoms with Crippen LogP contribution >= 0.6 is 0 Å². The van der Waals surface area contributed by atoms with Crippen molar-refractivity contribution in [1.29, 1.82) is 0 Å². The third-order valence-electron chi connectivity index (χ3n) is 27.8. The molecule has 0 radical (unpaired) electrons. The van der Waals surface area contributed by atoms with Gasteiger partial charge in [-0.05, 0) is 222 Å². The van der Waals surface area contributed by atoms with E-state index in [-0.39, 0.29) is 0 Å². The van der Waals surface area contributed by atoms with Gasteiger partial charge in [-0.15, -0.1) is 0 Å². The summed E-state index contributed by atoms with van der Waals surface area (Å²) in [7, 11) is 0. The van der Waals surface area contributed by atoms with Crippen LogP contribution in [0.3, 0.4) is 0 Å². The zero-order valence-corrected chi connectivity index (χ0v) is 66.5. The van der Waals surface area contributed by atoms with Crippen LogP contribution in [0.5, 0.6) is 0 Å². The molecule has 16 aromatic heterocycles. The molecule has 16 heterocycles. The van der Waals surface area contributed by atoms with Crippen molar-refractivity contribution in [2.75, 3.05) is 0 Å². The van der Waals surface area contributed by atoms with Crippen LogP contribution in [0, 0.1) is 0 Å². The van der Waals surface area contributed by atoms with E-state index in [1.165, 1.54) is 156 Å². The van der Waals surface area contributed by atoms with Gasteiger partial charge in [-0.25, -0.2) is 19.9 Å². The number of aromatic nitrogens is 16. The van der Waals surface area contributed by atoms with E-state index in [9.17, 15) is 0 Å². The first-order valence-electron chi connectivity index (χ1n) is 42.6. The van der Waals surface area contributed by atoms with Gasteiger partial charge in [-0.3, -0.25) is 57.5 Å². The molecule has 0 saturated heterocycles. The number of pyridine rings is 12. The Morgan fingerprint density at radius 2 is 0.508 bits per heavy atom. The molecule has 0 fully saturated rings. The second-order valence-corrected chi connectivity index (χ2v) is 33.9. The molecule has 8 aliphatic carbocycles. The monoisotopic (exact) mass is 1580 g/mol. The van der Waals surface area contributed by atoms with Crippen molar-refractivity contribution in [2.24, 2.45) is 0 Å². The summed E-state index contributed by atoms with van der Waals surface area (Å²) in [6.45, 7) is 0. The standard InChI is InChI=1S/4C27H16N4/c1-2-6-17-15(5-1)13-20-18(17)10-9-16-14-21-26(23(16)20)31-22-8-4-12-29-25(22)24-19(27(31)30-21)7-3-11-28-24;1-2-6-17-15(5-1)13-20-18(17)10-9-16-14-21-26(23(16)20)31-22-8-4-12-28-24(22)19-7-3-11-29-25(19)27(31)30-21;1-2-5-17-15(4-1)12-20-18(17)8-7-16-13-22-26(24(16)20)31-23-6-3-10-29-25(23)21-14-28-11-9-19(21)27(31)30-22;1-2-5-17-15(4-1)12-20-18(17)8-7-16-13-22-26(24(16)20)31-23-6-3-10-29-25(23)19-9-11-28-14-21(19)27(31)30-22/h2*1-12H,13-14H2;2*1-11,14H,12-13H2. The minimum Gasteiger partial charge on any atom is -0.290 e. The van der Waals surface area contributed by atoms with Crippen LogP contribution in [-0.4, -0.2) is 77.4 Å². The van der Waals surface area contributed by atoms with Crippen LogP contribution in [0.4, 0.5) is 0 Å². The maximum absolute atomic E-state index is 5.17.